The van der Waals surface area contributed by atoms with Gasteiger partial charge in [0.15, 0.2) is 0 Å². The Morgan fingerprint density at radius 2 is 1.93 bits per heavy atom. The highest BCUT2D eigenvalue weighted by molar-refractivity contribution is 7.87. The molecule has 0 aliphatic carbocycles. The maximum absolute atomic E-state index is 11.7. The van der Waals surface area contributed by atoms with Gasteiger partial charge in [-0.05, 0) is 20.3 Å². The van der Waals surface area contributed by atoms with E-state index in [1.807, 2.05) is 6.92 Å². The predicted molar refractivity (Wildman–Crippen MR) is 58.1 cm³/mol. The molecule has 0 aliphatic heterocycles. The van der Waals surface area contributed by atoms with Crippen molar-refractivity contribution in [3.05, 3.63) is 0 Å². The Morgan fingerprint density at radius 1 is 1.36 bits per heavy atom. The molecular formula is C8H21N3O2S. The van der Waals surface area contributed by atoms with Crippen molar-refractivity contribution >= 4 is 10.2 Å². The molecule has 0 aromatic rings. The van der Waals surface area contributed by atoms with Gasteiger partial charge in [0.2, 0.25) is 0 Å². The summed E-state index contributed by atoms with van der Waals surface area (Å²) < 4.78 is 27.3. The summed E-state index contributed by atoms with van der Waals surface area (Å²) in [5, 5.41) is 0. The van der Waals surface area contributed by atoms with E-state index in [1.54, 1.807) is 13.8 Å². The van der Waals surface area contributed by atoms with Crippen molar-refractivity contribution in [1.82, 2.24) is 9.03 Å². The van der Waals surface area contributed by atoms with Crippen molar-refractivity contribution < 1.29 is 8.42 Å². The third kappa shape index (κ3) is 4.90. The summed E-state index contributed by atoms with van der Waals surface area (Å²) in [6.45, 7) is 6.76. The molecule has 0 amide bonds. The van der Waals surface area contributed by atoms with E-state index in [4.69, 9.17) is 5.73 Å². The minimum Gasteiger partial charge on any atom is -0.329 e. The van der Waals surface area contributed by atoms with Crippen molar-refractivity contribution in [1.29, 1.82) is 0 Å². The van der Waals surface area contributed by atoms with Gasteiger partial charge in [0.25, 0.3) is 10.2 Å². The zero-order chi connectivity index (χ0) is 11.2. The second-order valence-corrected chi connectivity index (χ2v) is 5.17. The van der Waals surface area contributed by atoms with Crippen LogP contribution in [0.3, 0.4) is 0 Å². The van der Waals surface area contributed by atoms with Gasteiger partial charge in [0.1, 0.15) is 0 Å². The standard InChI is InChI=1S/C8H21N3O2S/c1-4-6-11(7-5-9)14(12,13)10-8(2)3/h8,10H,4-7,9H2,1-3H3. The van der Waals surface area contributed by atoms with Crippen LogP contribution in [0, 0.1) is 0 Å². The van der Waals surface area contributed by atoms with E-state index in [2.05, 4.69) is 4.72 Å². The first-order valence-corrected chi connectivity index (χ1v) is 6.35. The van der Waals surface area contributed by atoms with E-state index in [0.29, 0.717) is 19.6 Å². The third-order valence-electron chi connectivity index (χ3n) is 1.58. The fourth-order valence-corrected chi connectivity index (χ4v) is 2.63. The molecule has 0 saturated heterocycles. The number of nitrogens with zero attached hydrogens (tertiary/aromatic N) is 1. The zero-order valence-electron chi connectivity index (χ0n) is 9.16. The molecule has 0 heterocycles. The molecule has 86 valence electrons. The summed E-state index contributed by atoms with van der Waals surface area (Å²) in [5.41, 5.74) is 5.35. The van der Waals surface area contributed by atoms with Gasteiger partial charge >= 0.3 is 0 Å². The van der Waals surface area contributed by atoms with Gasteiger partial charge in [0.05, 0.1) is 0 Å². The van der Waals surface area contributed by atoms with Crippen molar-refractivity contribution in [3.8, 4) is 0 Å². The lowest BCUT2D eigenvalue weighted by Gasteiger charge is -2.22. The van der Waals surface area contributed by atoms with Crippen molar-refractivity contribution in [2.45, 2.75) is 33.2 Å². The fourth-order valence-electron chi connectivity index (χ4n) is 1.12. The van der Waals surface area contributed by atoms with Gasteiger partial charge in [-0.1, -0.05) is 6.92 Å². The lowest BCUT2D eigenvalue weighted by atomic mass is 10.4. The van der Waals surface area contributed by atoms with Crippen LogP contribution in [0.5, 0.6) is 0 Å². The van der Waals surface area contributed by atoms with Gasteiger partial charge < -0.3 is 5.73 Å². The molecule has 0 bridgehead atoms. The minimum absolute atomic E-state index is 0.0860. The summed E-state index contributed by atoms with van der Waals surface area (Å²) in [7, 11) is -3.34. The van der Waals surface area contributed by atoms with Crippen molar-refractivity contribution in [2.75, 3.05) is 19.6 Å². The molecule has 6 heteroatoms. The monoisotopic (exact) mass is 223 g/mol. The molecule has 0 saturated carbocycles. The smallest absolute Gasteiger partial charge is 0.279 e. The molecule has 5 nitrogen and oxygen atoms in total. The normalized spacial score (nSPS) is 12.7. The molecule has 0 aromatic carbocycles. The van der Waals surface area contributed by atoms with Crippen LogP contribution in [0.4, 0.5) is 0 Å². The van der Waals surface area contributed by atoms with Crippen LogP contribution < -0.4 is 10.5 Å². The minimum atomic E-state index is -3.34. The molecule has 14 heavy (non-hydrogen) atoms. The average molecular weight is 223 g/mol. The summed E-state index contributed by atoms with van der Waals surface area (Å²) in [6, 6.07) is -0.0860. The van der Waals surface area contributed by atoms with Gasteiger partial charge in [-0.25, -0.2) is 0 Å². The first-order chi connectivity index (χ1) is 6.44. The maximum Gasteiger partial charge on any atom is 0.279 e. The van der Waals surface area contributed by atoms with E-state index in [0.717, 1.165) is 6.42 Å². The lowest BCUT2D eigenvalue weighted by molar-refractivity contribution is 0.405. The van der Waals surface area contributed by atoms with E-state index in [-0.39, 0.29) is 6.04 Å². The Balaban J connectivity index is 4.45. The van der Waals surface area contributed by atoms with Crippen LogP contribution in [0.15, 0.2) is 0 Å². The van der Waals surface area contributed by atoms with Gasteiger partial charge in [-0.3, -0.25) is 0 Å². The average Bonchev–Trinajstić information content (AvgIpc) is 2.01. The predicted octanol–water partition coefficient (Wildman–Crippen LogP) is -0.100. The van der Waals surface area contributed by atoms with E-state index in [1.165, 1.54) is 4.31 Å². The van der Waals surface area contributed by atoms with Crippen LogP contribution in [0.1, 0.15) is 27.2 Å². The highest BCUT2D eigenvalue weighted by Gasteiger charge is 2.20. The molecule has 0 radical (unpaired) electrons. The summed E-state index contributed by atoms with van der Waals surface area (Å²) in [4.78, 5) is 0. The van der Waals surface area contributed by atoms with E-state index >= 15 is 0 Å². The molecule has 0 fully saturated rings. The number of hydrogen-bond donors (Lipinski definition) is 2. The molecule has 0 atom stereocenters. The van der Waals surface area contributed by atoms with Gasteiger partial charge in [0, 0.05) is 25.7 Å². The topological polar surface area (TPSA) is 75.4 Å². The quantitative estimate of drug-likeness (QED) is 0.633. The third-order valence-corrected chi connectivity index (χ3v) is 3.39. The van der Waals surface area contributed by atoms with Crippen LogP contribution in [-0.2, 0) is 10.2 Å². The molecule has 3 N–H and O–H groups in total. The summed E-state index contributed by atoms with van der Waals surface area (Å²) >= 11 is 0. The molecule has 0 unspecified atom stereocenters. The molecule has 0 aromatic heterocycles. The highest BCUT2D eigenvalue weighted by Crippen LogP contribution is 2.00. The van der Waals surface area contributed by atoms with Gasteiger partial charge in [-0.15, -0.1) is 0 Å². The first kappa shape index (κ1) is 13.8. The molecular weight excluding hydrogens is 202 g/mol. The SMILES string of the molecule is CCCN(CCN)S(=O)(=O)NC(C)C. The van der Waals surface area contributed by atoms with Crippen LogP contribution >= 0.6 is 0 Å². The van der Waals surface area contributed by atoms with E-state index in [9.17, 15) is 8.42 Å². The number of hydrogen-bond acceptors (Lipinski definition) is 3. The molecule has 0 aliphatic rings. The fraction of sp³-hybridized carbons (Fsp3) is 1.00. The molecule has 0 rings (SSSR count). The lowest BCUT2D eigenvalue weighted by Crippen LogP contribution is -2.45. The Morgan fingerprint density at radius 3 is 2.29 bits per heavy atom. The Kier molecular flexibility index (Phi) is 6.26. The zero-order valence-corrected chi connectivity index (χ0v) is 9.97. The Bertz CT molecular complexity index is 233. The molecule has 0 spiro atoms. The van der Waals surface area contributed by atoms with Crippen LogP contribution in [0.2, 0.25) is 0 Å². The highest BCUT2D eigenvalue weighted by atomic mass is 32.2. The van der Waals surface area contributed by atoms with Crippen molar-refractivity contribution in [3.63, 3.8) is 0 Å². The second kappa shape index (κ2) is 6.34. The number of nitrogens with two attached hydrogens (primary N) is 1. The number of rotatable bonds is 7. The van der Waals surface area contributed by atoms with Crippen LogP contribution in [-0.4, -0.2) is 38.4 Å². The maximum atomic E-state index is 11.7. The summed E-state index contributed by atoms with van der Waals surface area (Å²) in [5.74, 6) is 0. The van der Waals surface area contributed by atoms with Crippen molar-refractivity contribution in [2.24, 2.45) is 5.73 Å². The number of nitrogens with one attached hydrogen (secondary N) is 1. The second-order valence-electron chi connectivity index (χ2n) is 3.47. The summed E-state index contributed by atoms with van der Waals surface area (Å²) in [6.07, 6.45) is 0.791. The Hall–Kier alpha value is -0.170. The van der Waals surface area contributed by atoms with E-state index < -0.39 is 10.2 Å². The largest absolute Gasteiger partial charge is 0.329 e. The van der Waals surface area contributed by atoms with Crippen LogP contribution in [0.25, 0.3) is 0 Å². The van der Waals surface area contributed by atoms with Gasteiger partial charge in [-0.2, -0.15) is 17.4 Å². The first-order valence-electron chi connectivity index (χ1n) is 4.91. The Labute approximate surface area is 86.8 Å².